The molecule has 4 aliphatic rings. The molecule has 3 fully saturated rings. The van der Waals surface area contributed by atoms with Crippen LogP contribution < -0.4 is 0 Å². The van der Waals surface area contributed by atoms with Crippen molar-refractivity contribution in [2.75, 3.05) is 6.61 Å². The Bertz CT molecular complexity index is 699. The van der Waals surface area contributed by atoms with E-state index in [2.05, 4.69) is 53.7 Å². The van der Waals surface area contributed by atoms with Crippen LogP contribution in [0.5, 0.6) is 0 Å². The largest absolute Gasteiger partial charge is 0.378 e. The lowest BCUT2D eigenvalue weighted by atomic mass is 9.47. The van der Waals surface area contributed by atoms with Gasteiger partial charge in [-0.1, -0.05) is 57.4 Å². The fourth-order valence-corrected chi connectivity index (χ4v) is 8.98. The molecule has 0 aromatic carbocycles. The fourth-order valence-electron chi connectivity index (χ4n) is 8.98. The topological polar surface area (TPSA) is 9.23 Å². The average molecular weight is 441 g/mol. The Hall–Kier alpha value is -0.560. The molecule has 0 aliphatic heterocycles. The summed E-state index contributed by atoms with van der Waals surface area (Å²) in [4.78, 5) is 0. The number of hydrogen-bond donors (Lipinski definition) is 0. The standard InChI is InChI=1S/C31H52O/c1-7-8-20-32-25-16-18-30(5)24(21-25)12-13-26-28-15-14-27(23(4)11-9-10-22(2)3)31(28,6)19-17-29(26)30/h10,12,23,25-29H,7-9,11,13-21H2,1-6H3/t23-,25+,26+,27-,28+,29+,30+,31-/m1/s1. The highest BCUT2D eigenvalue weighted by molar-refractivity contribution is 5.25. The summed E-state index contributed by atoms with van der Waals surface area (Å²) in [7, 11) is 0. The van der Waals surface area contributed by atoms with Gasteiger partial charge >= 0.3 is 0 Å². The zero-order valence-electron chi connectivity index (χ0n) is 22.2. The fraction of sp³-hybridized carbons (Fsp3) is 0.871. The molecule has 0 aromatic heterocycles. The van der Waals surface area contributed by atoms with Gasteiger partial charge in [-0.2, -0.15) is 0 Å². The van der Waals surface area contributed by atoms with Crippen LogP contribution in [-0.2, 0) is 4.74 Å². The first-order valence-electron chi connectivity index (χ1n) is 14.2. The van der Waals surface area contributed by atoms with E-state index in [1.807, 2.05) is 0 Å². The first-order valence-corrected chi connectivity index (χ1v) is 14.2. The van der Waals surface area contributed by atoms with Crippen molar-refractivity contribution in [1.29, 1.82) is 0 Å². The molecule has 0 spiro atoms. The van der Waals surface area contributed by atoms with Gasteiger partial charge in [0.2, 0.25) is 0 Å². The van der Waals surface area contributed by atoms with E-state index >= 15 is 0 Å². The Labute approximate surface area is 199 Å². The van der Waals surface area contributed by atoms with Crippen LogP contribution in [0.4, 0.5) is 0 Å². The van der Waals surface area contributed by atoms with E-state index in [9.17, 15) is 0 Å². The van der Waals surface area contributed by atoms with Crippen molar-refractivity contribution < 1.29 is 4.74 Å². The van der Waals surface area contributed by atoms with Crippen molar-refractivity contribution in [2.24, 2.45) is 40.4 Å². The molecule has 0 amide bonds. The van der Waals surface area contributed by atoms with E-state index in [0.717, 1.165) is 36.2 Å². The number of allylic oxidation sites excluding steroid dienone is 3. The van der Waals surface area contributed by atoms with Gasteiger partial charge in [0, 0.05) is 6.61 Å². The molecular weight excluding hydrogens is 388 g/mol. The molecule has 0 unspecified atom stereocenters. The molecule has 4 rings (SSSR count). The molecule has 0 aromatic rings. The van der Waals surface area contributed by atoms with Crippen molar-refractivity contribution in [3.63, 3.8) is 0 Å². The number of hydrogen-bond acceptors (Lipinski definition) is 1. The Morgan fingerprint density at radius 3 is 2.69 bits per heavy atom. The number of ether oxygens (including phenoxy) is 1. The van der Waals surface area contributed by atoms with Gasteiger partial charge in [-0.3, -0.25) is 0 Å². The summed E-state index contributed by atoms with van der Waals surface area (Å²) < 4.78 is 6.28. The molecule has 0 saturated heterocycles. The third-order valence-corrected chi connectivity index (χ3v) is 10.8. The molecule has 0 radical (unpaired) electrons. The van der Waals surface area contributed by atoms with E-state index in [1.165, 1.54) is 82.6 Å². The van der Waals surface area contributed by atoms with Crippen LogP contribution in [0.3, 0.4) is 0 Å². The molecule has 0 N–H and O–H groups in total. The zero-order chi connectivity index (χ0) is 22.9. The van der Waals surface area contributed by atoms with Gasteiger partial charge in [0.1, 0.15) is 0 Å². The normalized spacial score (nSPS) is 41.8. The molecule has 0 bridgehead atoms. The molecule has 0 heterocycles. The quantitative estimate of drug-likeness (QED) is 0.270. The lowest BCUT2D eigenvalue weighted by Crippen LogP contribution is -2.51. The summed E-state index contributed by atoms with van der Waals surface area (Å²) in [6.45, 7) is 15.6. The number of fused-ring (bicyclic) bond motifs is 5. The molecule has 1 heteroatoms. The van der Waals surface area contributed by atoms with E-state index in [4.69, 9.17) is 4.74 Å². The summed E-state index contributed by atoms with van der Waals surface area (Å²) >= 11 is 0. The Balaban J connectivity index is 1.44. The molecule has 182 valence electrons. The second kappa shape index (κ2) is 9.97. The lowest BCUT2D eigenvalue weighted by molar-refractivity contribution is -0.0639. The van der Waals surface area contributed by atoms with Gasteiger partial charge in [-0.05, 0) is 125 Å². The van der Waals surface area contributed by atoms with Crippen molar-refractivity contribution in [3.8, 4) is 0 Å². The minimum Gasteiger partial charge on any atom is -0.378 e. The van der Waals surface area contributed by atoms with Crippen LogP contribution >= 0.6 is 0 Å². The third-order valence-electron chi connectivity index (χ3n) is 10.8. The monoisotopic (exact) mass is 440 g/mol. The van der Waals surface area contributed by atoms with Gasteiger partial charge in [0.25, 0.3) is 0 Å². The Morgan fingerprint density at radius 2 is 1.94 bits per heavy atom. The Kier molecular flexibility index (Phi) is 7.65. The van der Waals surface area contributed by atoms with E-state index in [0.29, 0.717) is 16.9 Å². The van der Waals surface area contributed by atoms with Crippen molar-refractivity contribution in [1.82, 2.24) is 0 Å². The maximum Gasteiger partial charge on any atom is 0.0612 e. The van der Waals surface area contributed by atoms with Crippen LogP contribution in [0.1, 0.15) is 119 Å². The first kappa shape index (κ1) is 24.6. The predicted octanol–water partition coefficient (Wildman–Crippen LogP) is 9.13. The van der Waals surface area contributed by atoms with Crippen LogP contribution in [0.15, 0.2) is 23.3 Å². The summed E-state index contributed by atoms with van der Waals surface area (Å²) in [5.74, 6) is 4.65. The van der Waals surface area contributed by atoms with E-state index < -0.39 is 0 Å². The summed E-state index contributed by atoms with van der Waals surface area (Å²) in [6, 6.07) is 0. The van der Waals surface area contributed by atoms with Gasteiger partial charge in [-0.25, -0.2) is 0 Å². The van der Waals surface area contributed by atoms with Gasteiger partial charge in [0.15, 0.2) is 0 Å². The molecule has 3 saturated carbocycles. The second-order valence-electron chi connectivity index (χ2n) is 12.9. The summed E-state index contributed by atoms with van der Waals surface area (Å²) in [5.41, 5.74) is 4.31. The van der Waals surface area contributed by atoms with Gasteiger partial charge in [0.05, 0.1) is 6.10 Å². The van der Waals surface area contributed by atoms with Crippen LogP contribution in [0, 0.1) is 40.4 Å². The summed E-state index contributed by atoms with van der Waals surface area (Å²) in [6.07, 6.45) is 21.9. The Morgan fingerprint density at radius 1 is 1.12 bits per heavy atom. The lowest BCUT2D eigenvalue weighted by Gasteiger charge is -2.58. The highest BCUT2D eigenvalue weighted by Gasteiger charge is 2.59. The maximum absolute atomic E-state index is 6.28. The van der Waals surface area contributed by atoms with E-state index in [-0.39, 0.29) is 0 Å². The minimum atomic E-state index is 0.460. The first-order chi connectivity index (χ1) is 15.3. The zero-order valence-corrected chi connectivity index (χ0v) is 22.2. The summed E-state index contributed by atoms with van der Waals surface area (Å²) in [5, 5.41) is 0. The van der Waals surface area contributed by atoms with Crippen molar-refractivity contribution in [2.45, 2.75) is 125 Å². The maximum atomic E-state index is 6.28. The second-order valence-corrected chi connectivity index (χ2v) is 12.9. The SMILES string of the molecule is CCCCO[C@H]1CC[C@@]2(C)C(=CC[C@H]3[C@@H]4CC[C@H]([C@H](C)CCC=C(C)C)[C@@]4(C)CC[C@@H]32)C1. The number of rotatable bonds is 8. The highest BCUT2D eigenvalue weighted by Crippen LogP contribution is 2.67. The predicted molar refractivity (Wildman–Crippen MR) is 138 cm³/mol. The molecular formula is C31H52O. The molecule has 32 heavy (non-hydrogen) atoms. The average Bonchev–Trinajstić information content (AvgIpc) is 3.11. The van der Waals surface area contributed by atoms with E-state index in [1.54, 1.807) is 5.57 Å². The van der Waals surface area contributed by atoms with Crippen LogP contribution in [0.25, 0.3) is 0 Å². The smallest absolute Gasteiger partial charge is 0.0612 e. The van der Waals surface area contributed by atoms with Gasteiger partial charge < -0.3 is 4.74 Å². The molecule has 8 atom stereocenters. The van der Waals surface area contributed by atoms with Crippen molar-refractivity contribution in [3.05, 3.63) is 23.3 Å². The minimum absolute atomic E-state index is 0.460. The van der Waals surface area contributed by atoms with Crippen molar-refractivity contribution >= 4 is 0 Å². The third kappa shape index (κ3) is 4.54. The highest BCUT2D eigenvalue weighted by atomic mass is 16.5. The van der Waals surface area contributed by atoms with Crippen LogP contribution in [-0.4, -0.2) is 12.7 Å². The van der Waals surface area contributed by atoms with Gasteiger partial charge in [-0.15, -0.1) is 0 Å². The van der Waals surface area contributed by atoms with Crippen LogP contribution in [0.2, 0.25) is 0 Å². The number of unbranched alkanes of at least 4 members (excludes halogenated alkanes) is 1. The molecule has 4 aliphatic carbocycles. The molecule has 1 nitrogen and oxygen atoms in total.